The normalized spacial score (nSPS) is 16.7. The van der Waals surface area contributed by atoms with Crippen LogP contribution in [0.2, 0.25) is 5.02 Å². The number of hydrogen-bond acceptors (Lipinski definition) is 7. The second-order valence-electron chi connectivity index (χ2n) is 9.01. The van der Waals surface area contributed by atoms with Crippen LogP contribution in [0.1, 0.15) is 43.9 Å². The molecule has 1 unspecified atom stereocenters. The van der Waals surface area contributed by atoms with Crippen LogP contribution in [-0.4, -0.2) is 35.0 Å². The molecule has 3 aromatic carbocycles. The van der Waals surface area contributed by atoms with Gasteiger partial charge in [-0.2, -0.15) is 0 Å². The number of amides is 1. The van der Waals surface area contributed by atoms with Gasteiger partial charge in [-0.3, -0.25) is 14.5 Å². The second-order valence-corrected chi connectivity index (χ2v) is 10.5. The molecule has 1 fully saturated rings. The molecule has 1 aromatic heterocycles. The number of fused-ring (bicyclic) bond motifs is 1. The summed E-state index contributed by atoms with van der Waals surface area (Å²) in [6.45, 7) is 5.01. The Bertz CT molecular complexity index is 1560. The molecule has 1 saturated heterocycles. The number of halogens is 1. The van der Waals surface area contributed by atoms with E-state index in [1.165, 1.54) is 16.2 Å². The lowest BCUT2D eigenvalue weighted by Crippen LogP contribution is -2.29. The van der Waals surface area contributed by atoms with Gasteiger partial charge in [-0.25, -0.2) is 4.98 Å². The Morgan fingerprint density at radius 2 is 1.82 bits per heavy atom. The van der Waals surface area contributed by atoms with E-state index in [9.17, 15) is 14.7 Å². The standard InChI is InChI=1S/C30H27ClN2O5S/c1-3-5-15-38-22-8-6-7-19(16-22)27(34)25-26(18-9-12-21(13-10-18)37-4-2)33(29(36)28(25)35)30-32-23-14-11-20(31)17-24(23)39-30/h6-14,16-17,26,34H,3-5,15H2,1-2H3/b27-25+. The molecule has 9 heteroatoms. The zero-order valence-electron chi connectivity index (χ0n) is 21.5. The number of ketones is 1. The van der Waals surface area contributed by atoms with Crippen molar-refractivity contribution in [1.29, 1.82) is 0 Å². The molecular weight excluding hydrogens is 536 g/mol. The number of carbonyl (C=O) groups is 2. The molecular formula is C30H27ClN2O5S. The Balaban J connectivity index is 1.64. The van der Waals surface area contributed by atoms with Gasteiger partial charge in [0.15, 0.2) is 5.13 Å². The van der Waals surface area contributed by atoms with E-state index in [2.05, 4.69) is 11.9 Å². The topological polar surface area (TPSA) is 89.0 Å². The van der Waals surface area contributed by atoms with E-state index < -0.39 is 17.7 Å². The Morgan fingerprint density at radius 3 is 2.56 bits per heavy atom. The van der Waals surface area contributed by atoms with Crippen molar-refractivity contribution in [1.82, 2.24) is 4.98 Å². The first-order valence-electron chi connectivity index (χ1n) is 12.7. The third-order valence-electron chi connectivity index (χ3n) is 6.37. The van der Waals surface area contributed by atoms with Crippen molar-refractivity contribution in [3.8, 4) is 11.5 Å². The summed E-state index contributed by atoms with van der Waals surface area (Å²) in [7, 11) is 0. The first-order valence-corrected chi connectivity index (χ1v) is 13.9. The van der Waals surface area contributed by atoms with Crippen LogP contribution < -0.4 is 14.4 Å². The number of unbranched alkanes of at least 4 members (excludes halogenated alkanes) is 1. The molecule has 0 saturated carbocycles. The van der Waals surface area contributed by atoms with Gasteiger partial charge in [0.05, 0.1) is 35.0 Å². The van der Waals surface area contributed by atoms with E-state index in [0.717, 1.165) is 17.5 Å². The Morgan fingerprint density at radius 1 is 1.03 bits per heavy atom. The van der Waals surface area contributed by atoms with Crippen molar-refractivity contribution in [2.45, 2.75) is 32.7 Å². The molecule has 1 amide bonds. The molecule has 1 N–H and O–H groups in total. The fourth-order valence-corrected chi connectivity index (χ4v) is 5.74. The van der Waals surface area contributed by atoms with E-state index in [4.69, 9.17) is 21.1 Å². The number of rotatable bonds is 9. The summed E-state index contributed by atoms with van der Waals surface area (Å²) in [5.41, 5.74) is 1.65. The molecule has 0 bridgehead atoms. The fourth-order valence-electron chi connectivity index (χ4n) is 4.47. The number of carbonyl (C=O) groups excluding carboxylic acids is 2. The Labute approximate surface area is 235 Å². The second kappa shape index (κ2) is 11.5. The van der Waals surface area contributed by atoms with Crippen LogP contribution in [-0.2, 0) is 9.59 Å². The Kier molecular flexibility index (Phi) is 7.86. The molecule has 0 spiro atoms. The average molecular weight is 563 g/mol. The van der Waals surface area contributed by atoms with Gasteiger partial charge >= 0.3 is 5.91 Å². The largest absolute Gasteiger partial charge is 0.507 e. The number of benzene rings is 3. The van der Waals surface area contributed by atoms with Gasteiger partial charge in [0.1, 0.15) is 17.3 Å². The molecule has 1 aliphatic heterocycles. The smallest absolute Gasteiger partial charge is 0.301 e. The zero-order valence-corrected chi connectivity index (χ0v) is 23.1. The predicted octanol–water partition coefficient (Wildman–Crippen LogP) is 7.15. The van der Waals surface area contributed by atoms with Crippen LogP contribution in [0.25, 0.3) is 16.0 Å². The molecule has 2 heterocycles. The fraction of sp³-hybridized carbons (Fsp3) is 0.233. The minimum atomic E-state index is -0.902. The lowest BCUT2D eigenvalue weighted by molar-refractivity contribution is -0.132. The van der Waals surface area contributed by atoms with Crippen LogP contribution in [0, 0.1) is 0 Å². The predicted molar refractivity (Wildman–Crippen MR) is 154 cm³/mol. The number of aliphatic hydroxyl groups is 1. The van der Waals surface area contributed by atoms with Gasteiger partial charge in [0, 0.05) is 10.6 Å². The highest BCUT2D eigenvalue weighted by molar-refractivity contribution is 7.22. The number of nitrogens with zero attached hydrogens (tertiary/aromatic N) is 2. The van der Waals surface area contributed by atoms with Gasteiger partial charge in [0.25, 0.3) is 5.78 Å². The SMILES string of the molecule is CCCCOc1cccc(/C(O)=C2\C(=O)C(=O)N(c3nc4ccc(Cl)cc4s3)C2c2ccc(OCC)cc2)c1. The van der Waals surface area contributed by atoms with E-state index in [0.29, 0.717) is 51.5 Å². The number of Topliss-reactive ketones (excluding diaryl/α,β-unsaturated/α-hetero) is 1. The summed E-state index contributed by atoms with van der Waals surface area (Å²) in [5.74, 6) is -0.607. The maximum atomic E-state index is 13.5. The van der Waals surface area contributed by atoms with Crippen LogP contribution in [0.5, 0.6) is 11.5 Å². The third kappa shape index (κ3) is 5.35. The lowest BCUT2D eigenvalue weighted by atomic mass is 9.95. The van der Waals surface area contributed by atoms with Crippen LogP contribution in [0.4, 0.5) is 5.13 Å². The van der Waals surface area contributed by atoms with Crippen molar-refractivity contribution < 1.29 is 24.2 Å². The summed E-state index contributed by atoms with van der Waals surface area (Å²) in [5, 5.41) is 12.4. The number of aromatic nitrogens is 1. The highest BCUT2D eigenvalue weighted by atomic mass is 35.5. The molecule has 1 atom stereocenters. The quantitative estimate of drug-likeness (QED) is 0.101. The van der Waals surface area contributed by atoms with Gasteiger partial charge in [-0.1, -0.05) is 60.5 Å². The van der Waals surface area contributed by atoms with E-state index in [1.54, 1.807) is 66.7 Å². The Hall–Kier alpha value is -3.88. The van der Waals surface area contributed by atoms with Crippen molar-refractivity contribution in [2.75, 3.05) is 18.1 Å². The lowest BCUT2D eigenvalue weighted by Gasteiger charge is -2.23. The summed E-state index contributed by atoms with van der Waals surface area (Å²) in [4.78, 5) is 33.0. The minimum Gasteiger partial charge on any atom is -0.507 e. The van der Waals surface area contributed by atoms with Gasteiger partial charge in [0.2, 0.25) is 0 Å². The number of thiazole rings is 1. The van der Waals surface area contributed by atoms with E-state index in [-0.39, 0.29) is 11.3 Å². The third-order valence-corrected chi connectivity index (χ3v) is 7.62. The van der Waals surface area contributed by atoms with Crippen molar-refractivity contribution in [3.63, 3.8) is 0 Å². The molecule has 0 radical (unpaired) electrons. The van der Waals surface area contributed by atoms with Crippen molar-refractivity contribution in [3.05, 3.63) is 88.5 Å². The van der Waals surface area contributed by atoms with Gasteiger partial charge < -0.3 is 14.6 Å². The number of anilines is 1. The number of aliphatic hydroxyl groups excluding tert-OH is 1. The zero-order chi connectivity index (χ0) is 27.5. The molecule has 200 valence electrons. The molecule has 5 rings (SSSR count). The summed E-state index contributed by atoms with van der Waals surface area (Å²) >= 11 is 7.43. The highest BCUT2D eigenvalue weighted by Gasteiger charge is 2.48. The number of ether oxygens (including phenoxy) is 2. The van der Waals surface area contributed by atoms with Crippen LogP contribution >= 0.6 is 22.9 Å². The molecule has 7 nitrogen and oxygen atoms in total. The van der Waals surface area contributed by atoms with E-state index >= 15 is 0 Å². The van der Waals surface area contributed by atoms with Crippen molar-refractivity contribution in [2.24, 2.45) is 0 Å². The first kappa shape index (κ1) is 26.7. The summed E-state index contributed by atoms with van der Waals surface area (Å²) in [6, 6.07) is 18.4. The first-order chi connectivity index (χ1) is 18.9. The monoisotopic (exact) mass is 562 g/mol. The van der Waals surface area contributed by atoms with Gasteiger partial charge in [-0.15, -0.1) is 0 Å². The summed E-state index contributed by atoms with van der Waals surface area (Å²) in [6.07, 6.45) is 1.88. The molecule has 4 aromatic rings. The van der Waals surface area contributed by atoms with Crippen LogP contribution in [0.3, 0.4) is 0 Å². The maximum absolute atomic E-state index is 13.5. The molecule has 0 aliphatic carbocycles. The van der Waals surface area contributed by atoms with Crippen molar-refractivity contribution >= 4 is 55.7 Å². The van der Waals surface area contributed by atoms with Gasteiger partial charge in [-0.05, 0) is 61.4 Å². The molecule has 39 heavy (non-hydrogen) atoms. The maximum Gasteiger partial charge on any atom is 0.301 e. The number of hydrogen-bond donors (Lipinski definition) is 1. The minimum absolute atomic E-state index is 0.0212. The highest BCUT2D eigenvalue weighted by Crippen LogP contribution is 2.45. The van der Waals surface area contributed by atoms with Crippen LogP contribution in [0.15, 0.2) is 72.3 Å². The molecule has 1 aliphatic rings. The average Bonchev–Trinajstić information content (AvgIpc) is 3.46. The summed E-state index contributed by atoms with van der Waals surface area (Å²) < 4.78 is 12.2. The van der Waals surface area contributed by atoms with E-state index in [1.807, 2.05) is 6.92 Å².